The van der Waals surface area contributed by atoms with Gasteiger partial charge in [-0.05, 0) is 82.4 Å². The predicted octanol–water partition coefficient (Wildman–Crippen LogP) is 6.27. The monoisotopic (exact) mass is 466 g/mol. The zero-order valence-electron chi connectivity index (χ0n) is 17.1. The van der Waals surface area contributed by atoms with Gasteiger partial charge in [0.05, 0.1) is 11.6 Å². The van der Waals surface area contributed by atoms with Gasteiger partial charge in [0.2, 0.25) is 0 Å². The average molecular weight is 467 g/mol. The van der Waals surface area contributed by atoms with Crippen molar-refractivity contribution in [3.8, 4) is 17.2 Å². The molecule has 0 saturated heterocycles. The molecule has 0 aliphatic carbocycles. The smallest absolute Gasteiger partial charge is 0.336 e. The molecule has 0 N–H and O–H groups in total. The maximum absolute atomic E-state index is 12.1. The zero-order valence-corrected chi connectivity index (χ0v) is 18.7. The summed E-state index contributed by atoms with van der Waals surface area (Å²) in [4.78, 5) is 12.1. The van der Waals surface area contributed by atoms with Crippen molar-refractivity contribution in [2.45, 2.75) is 20.5 Å². The Morgan fingerprint density at radius 3 is 2.47 bits per heavy atom. The topological polar surface area (TPSA) is 44.8 Å². The number of rotatable bonds is 7. The third kappa shape index (κ3) is 5.74. The number of methoxy groups -OCH3 is 1. The molecule has 0 fully saturated rings. The first-order chi connectivity index (χ1) is 14.5. The molecule has 30 heavy (non-hydrogen) atoms. The highest BCUT2D eigenvalue weighted by Crippen LogP contribution is 2.30. The quantitative estimate of drug-likeness (QED) is 0.233. The van der Waals surface area contributed by atoms with Crippen molar-refractivity contribution in [2.75, 3.05) is 7.11 Å². The molecule has 0 amide bonds. The van der Waals surface area contributed by atoms with Crippen molar-refractivity contribution in [2.24, 2.45) is 0 Å². The molecular formula is C25H23BrO4. The molecule has 3 aromatic rings. The van der Waals surface area contributed by atoms with Gasteiger partial charge in [-0.3, -0.25) is 0 Å². The van der Waals surface area contributed by atoms with Crippen LogP contribution in [0.25, 0.3) is 6.08 Å². The summed E-state index contributed by atoms with van der Waals surface area (Å²) in [5, 5.41) is 0. The van der Waals surface area contributed by atoms with Gasteiger partial charge in [-0.15, -0.1) is 0 Å². The summed E-state index contributed by atoms with van der Waals surface area (Å²) >= 11 is 3.40. The lowest BCUT2D eigenvalue weighted by Gasteiger charge is -2.12. The fourth-order valence-corrected chi connectivity index (χ4v) is 3.40. The van der Waals surface area contributed by atoms with Crippen LogP contribution in [0.15, 0.2) is 71.2 Å². The van der Waals surface area contributed by atoms with Gasteiger partial charge in [-0.1, -0.05) is 36.4 Å². The fraction of sp³-hybridized carbons (Fsp3) is 0.160. The molecule has 3 rings (SSSR count). The average Bonchev–Trinajstić information content (AvgIpc) is 2.74. The van der Waals surface area contributed by atoms with Gasteiger partial charge < -0.3 is 14.2 Å². The summed E-state index contributed by atoms with van der Waals surface area (Å²) in [5.74, 6) is 1.26. The first-order valence-electron chi connectivity index (χ1n) is 9.47. The minimum Gasteiger partial charge on any atom is -0.493 e. The normalized spacial score (nSPS) is 10.8. The Balaban J connectivity index is 1.66. The van der Waals surface area contributed by atoms with E-state index in [4.69, 9.17) is 14.2 Å². The van der Waals surface area contributed by atoms with Crippen LogP contribution in [0.1, 0.15) is 22.3 Å². The van der Waals surface area contributed by atoms with Gasteiger partial charge in [0.25, 0.3) is 0 Å². The lowest BCUT2D eigenvalue weighted by molar-refractivity contribution is -0.128. The number of aryl methyl sites for hydroxylation is 2. The van der Waals surface area contributed by atoms with Crippen LogP contribution in [0, 0.1) is 13.8 Å². The summed E-state index contributed by atoms with van der Waals surface area (Å²) in [6.45, 7) is 4.48. The number of ether oxygens (including phenoxy) is 3. The molecule has 154 valence electrons. The van der Waals surface area contributed by atoms with E-state index in [1.54, 1.807) is 19.3 Å². The number of hydrogen-bond acceptors (Lipinski definition) is 4. The summed E-state index contributed by atoms with van der Waals surface area (Å²) in [6.07, 6.45) is 3.06. The Hall–Kier alpha value is -3.05. The highest BCUT2D eigenvalue weighted by molar-refractivity contribution is 9.10. The molecule has 0 heterocycles. The Labute approximate surface area is 185 Å². The molecule has 0 saturated carbocycles. The van der Waals surface area contributed by atoms with E-state index in [2.05, 4.69) is 28.9 Å². The standard InChI is InChI=1S/C25H23BrO4/c1-17-8-11-22(21(26)14-17)30-25(27)13-10-19-9-12-23(24(15-19)28-3)29-16-20-7-5-4-6-18(20)2/h4-15H,16H2,1-3H3/b13-10+. The van der Waals surface area contributed by atoms with E-state index in [1.165, 1.54) is 11.6 Å². The van der Waals surface area contributed by atoms with Crippen LogP contribution in [0.4, 0.5) is 0 Å². The lowest BCUT2D eigenvalue weighted by atomic mass is 10.1. The van der Waals surface area contributed by atoms with Crippen molar-refractivity contribution in [3.63, 3.8) is 0 Å². The van der Waals surface area contributed by atoms with E-state index >= 15 is 0 Å². The van der Waals surface area contributed by atoms with Gasteiger partial charge in [0.1, 0.15) is 12.4 Å². The number of halogens is 1. The van der Waals surface area contributed by atoms with Gasteiger partial charge in [-0.25, -0.2) is 4.79 Å². The molecule has 0 aromatic heterocycles. The number of hydrogen-bond donors (Lipinski definition) is 0. The van der Waals surface area contributed by atoms with Gasteiger partial charge in [0, 0.05) is 6.08 Å². The van der Waals surface area contributed by atoms with E-state index in [9.17, 15) is 4.79 Å². The van der Waals surface area contributed by atoms with Crippen LogP contribution in [-0.4, -0.2) is 13.1 Å². The highest BCUT2D eigenvalue weighted by Gasteiger charge is 2.08. The van der Waals surface area contributed by atoms with Gasteiger partial charge in [0.15, 0.2) is 11.5 Å². The first-order valence-corrected chi connectivity index (χ1v) is 10.3. The van der Waals surface area contributed by atoms with Crippen molar-refractivity contribution in [1.82, 2.24) is 0 Å². The van der Waals surface area contributed by atoms with Crippen LogP contribution in [-0.2, 0) is 11.4 Å². The van der Waals surface area contributed by atoms with E-state index in [0.29, 0.717) is 23.9 Å². The second kappa shape index (κ2) is 10.1. The molecule has 4 nitrogen and oxygen atoms in total. The maximum Gasteiger partial charge on any atom is 0.336 e. The Morgan fingerprint density at radius 2 is 1.73 bits per heavy atom. The minimum atomic E-state index is -0.460. The van der Waals surface area contributed by atoms with Gasteiger partial charge >= 0.3 is 5.97 Å². The van der Waals surface area contributed by atoms with Crippen molar-refractivity contribution in [1.29, 1.82) is 0 Å². The van der Waals surface area contributed by atoms with Crippen LogP contribution in [0.5, 0.6) is 17.2 Å². The van der Waals surface area contributed by atoms with Crippen molar-refractivity contribution < 1.29 is 19.0 Å². The molecule has 0 spiro atoms. The Kier molecular flexibility index (Phi) is 7.31. The van der Waals surface area contributed by atoms with E-state index in [0.717, 1.165) is 21.2 Å². The second-order valence-electron chi connectivity index (χ2n) is 6.81. The second-order valence-corrected chi connectivity index (χ2v) is 7.67. The maximum atomic E-state index is 12.1. The van der Waals surface area contributed by atoms with Gasteiger partial charge in [-0.2, -0.15) is 0 Å². The SMILES string of the molecule is COc1cc(/C=C/C(=O)Oc2ccc(C)cc2Br)ccc1OCc1ccccc1C. The van der Waals surface area contributed by atoms with Crippen LogP contribution >= 0.6 is 15.9 Å². The Bertz CT molecular complexity index is 1070. The number of carbonyl (C=O) groups excluding carboxylic acids is 1. The van der Waals surface area contributed by atoms with E-state index < -0.39 is 5.97 Å². The Morgan fingerprint density at radius 1 is 0.967 bits per heavy atom. The zero-order chi connectivity index (χ0) is 21.5. The minimum absolute atomic E-state index is 0.454. The third-order valence-corrected chi connectivity index (χ3v) is 5.16. The summed E-state index contributed by atoms with van der Waals surface area (Å²) < 4.78 is 17.5. The fourth-order valence-electron chi connectivity index (χ4n) is 2.83. The lowest BCUT2D eigenvalue weighted by Crippen LogP contribution is -2.04. The van der Waals surface area contributed by atoms with Crippen molar-refractivity contribution >= 4 is 28.0 Å². The molecule has 0 aliphatic rings. The van der Waals surface area contributed by atoms with E-state index in [-0.39, 0.29) is 0 Å². The van der Waals surface area contributed by atoms with Crippen LogP contribution in [0.3, 0.4) is 0 Å². The highest BCUT2D eigenvalue weighted by atomic mass is 79.9. The molecule has 3 aromatic carbocycles. The molecule has 0 radical (unpaired) electrons. The summed E-state index contributed by atoms with van der Waals surface area (Å²) in [6, 6.07) is 19.1. The molecule has 5 heteroatoms. The van der Waals surface area contributed by atoms with E-state index in [1.807, 2.05) is 55.5 Å². The van der Waals surface area contributed by atoms with Crippen LogP contribution < -0.4 is 14.2 Å². The third-order valence-electron chi connectivity index (χ3n) is 4.54. The molecule has 0 atom stereocenters. The summed E-state index contributed by atoms with van der Waals surface area (Å²) in [5.41, 5.74) is 4.17. The number of benzene rings is 3. The molecule has 0 aliphatic heterocycles. The first kappa shape index (κ1) is 21.7. The molecule has 0 bridgehead atoms. The summed E-state index contributed by atoms with van der Waals surface area (Å²) in [7, 11) is 1.59. The number of carbonyl (C=O) groups is 1. The largest absolute Gasteiger partial charge is 0.493 e. The predicted molar refractivity (Wildman–Crippen MR) is 122 cm³/mol. The molecule has 0 unspecified atom stereocenters. The number of esters is 1. The van der Waals surface area contributed by atoms with Crippen LogP contribution in [0.2, 0.25) is 0 Å². The molecular weight excluding hydrogens is 444 g/mol. The van der Waals surface area contributed by atoms with Crippen molar-refractivity contribution in [3.05, 3.63) is 93.5 Å².